The molecule has 0 aliphatic carbocycles. The van der Waals surface area contributed by atoms with Gasteiger partial charge in [-0.15, -0.1) is 0 Å². The number of amides is 2. The lowest BCUT2D eigenvalue weighted by molar-refractivity contribution is -0.137. The van der Waals surface area contributed by atoms with E-state index in [-0.39, 0.29) is 22.8 Å². The highest BCUT2D eigenvalue weighted by atomic mass is 32.2. The summed E-state index contributed by atoms with van der Waals surface area (Å²) in [7, 11) is -3.26. The van der Waals surface area contributed by atoms with E-state index in [4.69, 9.17) is 5.73 Å². The van der Waals surface area contributed by atoms with Crippen molar-refractivity contribution in [3.63, 3.8) is 0 Å². The van der Waals surface area contributed by atoms with Gasteiger partial charge in [0.2, 0.25) is 5.95 Å². The molecule has 0 bridgehead atoms. The molecule has 0 spiro atoms. The van der Waals surface area contributed by atoms with Crippen LogP contribution in [0, 0.1) is 18.6 Å². The Kier molecular flexibility index (Phi) is 6.77. The summed E-state index contributed by atoms with van der Waals surface area (Å²) in [6, 6.07) is 5.56. The van der Waals surface area contributed by atoms with E-state index in [9.17, 15) is 31.0 Å². The number of aryl methyl sites for hydroxylation is 1. The molecule has 1 unspecified atom stereocenters. The summed E-state index contributed by atoms with van der Waals surface area (Å²) in [5.74, 6) is -1.98. The standard InChI is InChI=1S/C21H18F5N5O2S/c1-11-3-4-15(16(22)5-11)18-17(23)9-28-20(30-18)29-14-7-12(6-13(8-14)21(24,25)26)10-34(2,33)31-19(27)32/h3-10H,1-2H3,(H,28,29,30)(H3,27,31,32,33). The van der Waals surface area contributed by atoms with Crippen LogP contribution in [0.1, 0.15) is 16.7 Å². The minimum atomic E-state index is -4.77. The minimum Gasteiger partial charge on any atom is -0.351 e. The van der Waals surface area contributed by atoms with E-state index in [1.165, 1.54) is 18.2 Å². The average Bonchev–Trinajstić information content (AvgIpc) is 2.67. The van der Waals surface area contributed by atoms with Crippen molar-refractivity contribution in [2.45, 2.75) is 13.1 Å². The van der Waals surface area contributed by atoms with Crippen molar-refractivity contribution >= 4 is 32.7 Å². The number of rotatable bonds is 5. The highest BCUT2D eigenvalue weighted by Gasteiger charge is 2.31. The zero-order valence-electron chi connectivity index (χ0n) is 17.7. The van der Waals surface area contributed by atoms with Crippen LogP contribution in [0.4, 0.5) is 38.4 Å². The zero-order chi connectivity index (χ0) is 25.3. The largest absolute Gasteiger partial charge is 0.416 e. The SMILES string of the molecule is Cc1ccc(-c2nc(Nc3cc(C=S(C)(=O)NC(N)=O)cc(C(F)(F)F)c3)ncc2F)c(F)c1. The Morgan fingerprint density at radius 3 is 2.44 bits per heavy atom. The summed E-state index contributed by atoms with van der Waals surface area (Å²) < 4.78 is 83.2. The number of nitrogens with two attached hydrogens (primary N) is 1. The summed E-state index contributed by atoms with van der Waals surface area (Å²) in [5, 5.41) is 3.43. The van der Waals surface area contributed by atoms with E-state index in [0.717, 1.165) is 30.0 Å². The van der Waals surface area contributed by atoms with Gasteiger partial charge in [0, 0.05) is 22.9 Å². The molecule has 1 heterocycles. The predicted molar refractivity (Wildman–Crippen MR) is 119 cm³/mol. The van der Waals surface area contributed by atoms with Gasteiger partial charge in [0.25, 0.3) is 0 Å². The number of primary amides is 1. The van der Waals surface area contributed by atoms with Crippen LogP contribution < -0.4 is 15.8 Å². The minimum absolute atomic E-state index is 0.158. The van der Waals surface area contributed by atoms with Gasteiger partial charge in [-0.25, -0.2) is 27.8 Å². The maximum absolute atomic E-state index is 14.3. The van der Waals surface area contributed by atoms with Crippen molar-refractivity contribution in [2.75, 3.05) is 11.6 Å². The molecule has 0 radical (unpaired) electrons. The molecular weight excluding hydrogens is 481 g/mol. The van der Waals surface area contributed by atoms with Gasteiger partial charge in [-0.2, -0.15) is 13.2 Å². The molecule has 0 aliphatic rings. The lowest BCUT2D eigenvalue weighted by Gasteiger charge is -2.13. The monoisotopic (exact) mass is 499 g/mol. The Morgan fingerprint density at radius 2 is 1.82 bits per heavy atom. The van der Waals surface area contributed by atoms with Gasteiger partial charge in [0.05, 0.1) is 21.5 Å². The molecule has 34 heavy (non-hydrogen) atoms. The highest BCUT2D eigenvalue weighted by molar-refractivity contribution is 7.99. The van der Waals surface area contributed by atoms with Crippen molar-refractivity contribution in [3.05, 3.63) is 70.9 Å². The number of carbonyl (C=O) groups is 1. The Labute approximate surface area is 191 Å². The summed E-state index contributed by atoms with van der Waals surface area (Å²) in [4.78, 5) is 18.6. The third kappa shape index (κ3) is 6.19. The molecule has 2 amide bonds. The first-order valence-corrected chi connectivity index (χ1v) is 11.5. The Morgan fingerprint density at radius 1 is 1.12 bits per heavy atom. The molecule has 0 saturated heterocycles. The third-order valence-electron chi connectivity index (χ3n) is 4.33. The maximum atomic E-state index is 14.3. The number of hydrogen-bond donors (Lipinski definition) is 3. The van der Waals surface area contributed by atoms with E-state index >= 15 is 0 Å². The summed E-state index contributed by atoms with van der Waals surface area (Å²) in [5.41, 5.74) is 3.54. The van der Waals surface area contributed by atoms with Crippen LogP contribution in [0.25, 0.3) is 11.3 Å². The number of urea groups is 1. The molecule has 1 aromatic heterocycles. The van der Waals surface area contributed by atoms with Crippen LogP contribution in [0.2, 0.25) is 0 Å². The van der Waals surface area contributed by atoms with Gasteiger partial charge >= 0.3 is 12.2 Å². The van der Waals surface area contributed by atoms with E-state index in [1.807, 2.05) is 4.72 Å². The summed E-state index contributed by atoms with van der Waals surface area (Å²) in [6.45, 7) is 1.64. The summed E-state index contributed by atoms with van der Waals surface area (Å²) >= 11 is 0. The van der Waals surface area contributed by atoms with Gasteiger partial charge in [0.1, 0.15) is 11.5 Å². The molecular formula is C21H18F5N5O2S. The molecule has 13 heteroatoms. The number of halogens is 5. The predicted octanol–water partition coefficient (Wildman–Crippen LogP) is 4.14. The van der Waals surface area contributed by atoms with E-state index in [1.54, 1.807) is 13.0 Å². The fourth-order valence-electron chi connectivity index (χ4n) is 3.00. The van der Waals surface area contributed by atoms with Crippen molar-refractivity contribution < 1.29 is 31.0 Å². The van der Waals surface area contributed by atoms with Crippen molar-refractivity contribution in [1.82, 2.24) is 14.7 Å². The second-order valence-corrected chi connectivity index (χ2v) is 9.58. The van der Waals surface area contributed by atoms with Crippen LogP contribution in [0.3, 0.4) is 0 Å². The Balaban J connectivity index is 2.06. The first-order valence-electron chi connectivity index (χ1n) is 9.43. The lowest BCUT2D eigenvalue weighted by atomic mass is 10.1. The van der Waals surface area contributed by atoms with Crippen LogP contribution in [-0.4, -0.2) is 31.8 Å². The molecule has 0 aliphatic heterocycles. The molecule has 7 nitrogen and oxygen atoms in total. The normalized spacial score (nSPS) is 13.1. The molecule has 2 aromatic carbocycles. The summed E-state index contributed by atoms with van der Waals surface area (Å²) in [6.07, 6.45) is -2.94. The first-order chi connectivity index (χ1) is 15.7. The van der Waals surface area contributed by atoms with Crippen molar-refractivity contribution in [1.29, 1.82) is 0 Å². The fourth-order valence-corrected chi connectivity index (χ4v) is 4.12. The second-order valence-electron chi connectivity index (χ2n) is 7.33. The molecule has 0 saturated carbocycles. The Bertz CT molecular complexity index is 1380. The number of benzene rings is 2. The number of aromatic nitrogens is 2. The molecule has 3 rings (SSSR count). The number of alkyl halides is 3. The lowest BCUT2D eigenvalue weighted by Crippen LogP contribution is -2.35. The highest BCUT2D eigenvalue weighted by Crippen LogP contribution is 2.33. The third-order valence-corrected chi connectivity index (χ3v) is 5.66. The molecule has 3 aromatic rings. The topological polar surface area (TPSA) is 110 Å². The van der Waals surface area contributed by atoms with E-state index in [2.05, 4.69) is 15.3 Å². The van der Waals surface area contributed by atoms with E-state index < -0.39 is 44.8 Å². The zero-order valence-corrected chi connectivity index (χ0v) is 18.5. The van der Waals surface area contributed by atoms with Crippen LogP contribution in [0.15, 0.2) is 42.6 Å². The van der Waals surface area contributed by atoms with Gasteiger partial charge in [-0.3, -0.25) is 4.72 Å². The number of hydrogen-bond acceptors (Lipinski definition) is 5. The van der Waals surface area contributed by atoms with Gasteiger partial charge in [-0.05, 0) is 48.4 Å². The Hall–Kier alpha value is -3.74. The van der Waals surface area contributed by atoms with Crippen molar-refractivity contribution in [2.24, 2.45) is 5.73 Å². The fraction of sp³-hybridized carbons (Fsp3) is 0.143. The molecule has 4 N–H and O–H groups in total. The number of nitrogens with zero attached hydrogens (tertiary/aromatic N) is 2. The number of nitrogens with one attached hydrogen (secondary N) is 2. The van der Waals surface area contributed by atoms with Crippen molar-refractivity contribution in [3.8, 4) is 11.3 Å². The van der Waals surface area contributed by atoms with Crippen LogP contribution >= 0.6 is 0 Å². The average molecular weight is 499 g/mol. The first kappa shape index (κ1) is 24.9. The quantitative estimate of drug-likeness (QED) is 0.361. The van der Waals surface area contributed by atoms with E-state index in [0.29, 0.717) is 5.56 Å². The van der Waals surface area contributed by atoms with Gasteiger partial charge in [0.15, 0.2) is 5.82 Å². The molecule has 1 atom stereocenters. The van der Waals surface area contributed by atoms with Crippen LogP contribution in [0.5, 0.6) is 0 Å². The molecule has 0 fully saturated rings. The smallest absolute Gasteiger partial charge is 0.351 e. The van der Waals surface area contributed by atoms with Gasteiger partial charge in [-0.1, -0.05) is 6.07 Å². The molecule has 180 valence electrons. The van der Waals surface area contributed by atoms with Gasteiger partial charge < -0.3 is 11.1 Å². The number of anilines is 2. The maximum Gasteiger partial charge on any atom is 0.416 e. The van der Waals surface area contributed by atoms with Crippen LogP contribution in [-0.2, 0) is 15.9 Å². The number of carbonyl (C=O) groups excluding carboxylic acids is 1. The second kappa shape index (κ2) is 9.25.